The number of nitrogens with one attached hydrogen (secondary N) is 1. The molecule has 1 unspecified atom stereocenters. The fraction of sp³-hybridized carbons (Fsp3) is 0.632. The lowest BCUT2D eigenvalue weighted by atomic mass is 9.92. The molecule has 0 saturated heterocycles. The number of alkyl carbamates (subject to hydrolysis) is 1. The van der Waals surface area contributed by atoms with Gasteiger partial charge in [0.1, 0.15) is 5.60 Å². The fourth-order valence-corrected chi connectivity index (χ4v) is 3.02. The summed E-state index contributed by atoms with van der Waals surface area (Å²) in [5.41, 5.74) is 0.535. The summed E-state index contributed by atoms with van der Waals surface area (Å²) < 4.78 is 33.1. The highest BCUT2D eigenvalue weighted by Crippen LogP contribution is 2.18. The van der Waals surface area contributed by atoms with Gasteiger partial charge in [-0.2, -0.15) is 8.42 Å². The van der Waals surface area contributed by atoms with Crippen LogP contribution in [0.5, 0.6) is 0 Å². The molecule has 26 heavy (non-hydrogen) atoms. The molecule has 0 spiro atoms. The van der Waals surface area contributed by atoms with E-state index in [-0.39, 0.29) is 18.6 Å². The molecule has 0 aliphatic carbocycles. The van der Waals surface area contributed by atoms with Crippen molar-refractivity contribution in [1.29, 1.82) is 0 Å². The van der Waals surface area contributed by atoms with Gasteiger partial charge in [-0.1, -0.05) is 37.3 Å². The Bertz CT molecular complexity index is 652. The van der Waals surface area contributed by atoms with Crippen LogP contribution in [0.15, 0.2) is 30.3 Å². The van der Waals surface area contributed by atoms with Gasteiger partial charge in [0.2, 0.25) is 0 Å². The third-order valence-corrected chi connectivity index (χ3v) is 4.28. The molecule has 0 saturated carbocycles. The van der Waals surface area contributed by atoms with E-state index in [1.165, 1.54) is 0 Å². The summed E-state index contributed by atoms with van der Waals surface area (Å²) >= 11 is 0. The highest BCUT2D eigenvalue weighted by Gasteiger charge is 2.22. The molecule has 1 amide bonds. The number of hydrogen-bond acceptors (Lipinski definition) is 5. The average Bonchev–Trinajstić information content (AvgIpc) is 2.50. The number of benzene rings is 1. The van der Waals surface area contributed by atoms with Crippen LogP contribution in [-0.4, -0.2) is 39.0 Å². The van der Waals surface area contributed by atoms with E-state index in [0.717, 1.165) is 11.8 Å². The minimum atomic E-state index is -3.51. The number of amides is 1. The Kier molecular flexibility index (Phi) is 8.56. The molecule has 0 bridgehead atoms. The van der Waals surface area contributed by atoms with E-state index in [9.17, 15) is 13.2 Å². The molecule has 6 nitrogen and oxygen atoms in total. The molecular formula is C19H31NO5S. The van der Waals surface area contributed by atoms with E-state index in [2.05, 4.69) is 5.32 Å². The summed E-state index contributed by atoms with van der Waals surface area (Å²) in [6.07, 6.45) is 2.56. The molecule has 0 fully saturated rings. The number of rotatable bonds is 9. The van der Waals surface area contributed by atoms with Crippen molar-refractivity contribution in [3.05, 3.63) is 35.9 Å². The van der Waals surface area contributed by atoms with Gasteiger partial charge in [-0.3, -0.25) is 4.18 Å². The Hall–Kier alpha value is -1.60. The third-order valence-electron chi connectivity index (χ3n) is 3.72. The second-order valence-electron chi connectivity index (χ2n) is 7.53. The van der Waals surface area contributed by atoms with Gasteiger partial charge in [0.15, 0.2) is 0 Å². The van der Waals surface area contributed by atoms with E-state index in [0.29, 0.717) is 19.3 Å². The van der Waals surface area contributed by atoms with E-state index >= 15 is 0 Å². The zero-order chi connectivity index (χ0) is 19.8. The van der Waals surface area contributed by atoms with Crippen molar-refractivity contribution in [2.45, 2.75) is 58.6 Å². The summed E-state index contributed by atoms with van der Waals surface area (Å²) in [5, 5.41) is 2.87. The third kappa shape index (κ3) is 10.4. The van der Waals surface area contributed by atoms with Gasteiger partial charge in [-0.25, -0.2) is 4.79 Å². The molecule has 0 aliphatic heterocycles. The molecule has 0 heterocycles. The standard InChI is InChI=1S/C19H31NO5S/c1-6-17(20-18(21)25-19(2,3)4)13-16(14-24-26(5,22)23)12-15-10-8-7-9-11-15/h7-11,16-17H,6,12-14H2,1-5H3,(H,20,21)/t16?,17-/m0/s1. The maximum Gasteiger partial charge on any atom is 0.407 e. The second-order valence-corrected chi connectivity index (χ2v) is 9.18. The number of hydrogen-bond donors (Lipinski definition) is 1. The van der Waals surface area contributed by atoms with Crippen LogP contribution >= 0.6 is 0 Å². The van der Waals surface area contributed by atoms with Crippen molar-refractivity contribution in [1.82, 2.24) is 5.32 Å². The summed E-state index contributed by atoms with van der Waals surface area (Å²) in [6.45, 7) is 7.49. The fourth-order valence-electron chi connectivity index (χ4n) is 2.58. The number of carbonyl (C=O) groups excluding carboxylic acids is 1. The van der Waals surface area contributed by atoms with Crippen molar-refractivity contribution in [3.8, 4) is 0 Å². The van der Waals surface area contributed by atoms with Crippen LogP contribution in [0.25, 0.3) is 0 Å². The van der Waals surface area contributed by atoms with Gasteiger partial charge in [-0.05, 0) is 51.5 Å². The minimum absolute atomic E-state index is 0.0491. The highest BCUT2D eigenvalue weighted by molar-refractivity contribution is 7.85. The van der Waals surface area contributed by atoms with Crippen LogP contribution in [0.2, 0.25) is 0 Å². The van der Waals surface area contributed by atoms with Crippen LogP contribution in [0.3, 0.4) is 0 Å². The van der Waals surface area contributed by atoms with Crippen molar-refractivity contribution >= 4 is 16.2 Å². The summed E-state index contributed by atoms with van der Waals surface area (Å²) in [4.78, 5) is 12.0. The minimum Gasteiger partial charge on any atom is -0.444 e. The maximum absolute atomic E-state index is 12.0. The summed E-state index contributed by atoms with van der Waals surface area (Å²) in [5.74, 6) is -0.0491. The lowest BCUT2D eigenvalue weighted by Crippen LogP contribution is -2.40. The Morgan fingerprint density at radius 2 is 1.81 bits per heavy atom. The normalized spacial score (nSPS) is 14.5. The molecule has 1 aromatic rings. The van der Waals surface area contributed by atoms with E-state index in [1.54, 1.807) is 0 Å². The lowest BCUT2D eigenvalue weighted by Gasteiger charge is -2.26. The predicted molar refractivity (Wildman–Crippen MR) is 102 cm³/mol. The zero-order valence-electron chi connectivity index (χ0n) is 16.3. The largest absolute Gasteiger partial charge is 0.444 e. The van der Waals surface area contributed by atoms with Crippen molar-refractivity contribution in [2.24, 2.45) is 5.92 Å². The lowest BCUT2D eigenvalue weighted by molar-refractivity contribution is 0.0492. The molecule has 2 atom stereocenters. The Balaban J connectivity index is 2.75. The maximum atomic E-state index is 12.0. The molecule has 1 aromatic carbocycles. The first-order chi connectivity index (χ1) is 12.0. The van der Waals surface area contributed by atoms with E-state index in [1.807, 2.05) is 58.0 Å². The molecule has 1 N–H and O–H groups in total. The first-order valence-corrected chi connectivity index (χ1v) is 10.7. The molecule has 1 rings (SSSR count). The van der Waals surface area contributed by atoms with Gasteiger partial charge in [0.25, 0.3) is 10.1 Å². The summed E-state index contributed by atoms with van der Waals surface area (Å²) in [7, 11) is -3.51. The first-order valence-electron chi connectivity index (χ1n) is 8.86. The van der Waals surface area contributed by atoms with Crippen LogP contribution < -0.4 is 5.32 Å². The Labute approximate surface area is 157 Å². The Morgan fingerprint density at radius 1 is 1.19 bits per heavy atom. The number of carbonyl (C=O) groups is 1. The molecular weight excluding hydrogens is 354 g/mol. The first kappa shape index (κ1) is 22.4. The second kappa shape index (κ2) is 9.92. The van der Waals surface area contributed by atoms with Crippen LogP contribution in [0, 0.1) is 5.92 Å². The van der Waals surface area contributed by atoms with Gasteiger partial charge in [0, 0.05) is 6.04 Å². The van der Waals surface area contributed by atoms with Gasteiger partial charge in [0.05, 0.1) is 12.9 Å². The molecule has 0 radical (unpaired) electrons. The van der Waals surface area contributed by atoms with Crippen molar-refractivity contribution in [3.63, 3.8) is 0 Å². The van der Waals surface area contributed by atoms with Crippen LogP contribution in [-0.2, 0) is 25.5 Å². The SMILES string of the molecule is CC[C@@H](CC(COS(C)(=O)=O)Cc1ccccc1)NC(=O)OC(C)(C)C. The molecule has 148 valence electrons. The summed E-state index contributed by atoms with van der Waals surface area (Å²) in [6, 6.07) is 9.69. The monoisotopic (exact) mass is 385 g/mol. The predicted octanol–water partition coefficient (Wildman–Crippen LogP) is 3.51. The number of ether oxygens (including phenoxy) is 1. The van der Waals surface area contributed by atoms with Crippen molar-refractivity contribution < 1.29 is 22.1 Å². The van der Waals surface area contributed by atoms with Crippen molar-refractivity contribution in [2.75, 3.05) is 12.9 Å². The Morgan fingerprint density at radius 3 is 2.31 bits per heavy atom. The highest BCUT2D eigenvalue weighted by atomic mass is 32.2. The average molecular weight is 386 g/mol. The van der Waals surface area contributed by atoms with E-state index in [4.69, 9.17) is 8.92 Å². The molecule has 0 aliphatic rings. The molecule has 0 aromatic heterocycles. The quantitative estimate of drug-likeness (QED) is 0.658. The van der Waals surface area contributed by atoms with Gasteiger partial charge < -0.3 is 10.1 Å². The van der Waals surface area contributed by atoms with Crippen LogP contribution in [0.4, 0.5) is 4.79 Å². The molecule has 7 heteroatoms. The van der Waals surface area contributed by atoms with Gasteiger partial charge in [-0.15, -0.1) is 0 Å². The van der Waals surface area contributed by atoms with E-state index < -0.39 is 21.8 Å². The zero-order valence-corrected chi connectivity index (χ0v) is 17.1. The topological polar surface area (TPSA) is 81.7 Å². The van der Waals surface area contributed by atoms with Gasteiger partial charge >= 0.3 is 6.09 Å². The smallest absolute Gasteiger partial charge is 0.407 e. The van der Waals surface area contributed by atoms with Crippen LogP contribution in [0.1, 0.15) is 46.1 Å².